The molecule has 1 unspecified atom stereocenters. The predicted molar refractivity (Wildman–Crippen MR) is 70.0 cm³/mol. The molecule has 0 aliphatic heterocycles. The van der Waals surface area contributed by atoms with Crippen molar-refractivity contribution in [3.05, 3.63) is 45.5 Å². The number of hydrogen-bond donors (Lipinski definition) is 1. The zero-order chi connectivity index (χ0) is 12.4. The van der Waals surface area contributed by atoms with Crippen LogP contribution in [0.4, 0.5) is 10.2 Å². The molecule has 0 spiro atoms. The number of nitrogens with one attached hydrogen (secondary N) is 1. The Balaban J connectivity index is 2.16. The number of pyridine rings is 1. The zero-order valence-corrected chi connectivity index (χ0v) is 10.9. The van der Waals surface area contributed by atoms with Crippen molar-refractivity contribution in [1.82, 2.24) is 4.98 Å². The maximum absolute atomic E-state index is 13.0. The van der Waals surface area contributed by atoms with E-state index >= 15 is 0 Å². The van der Waals surface area contributed by atoms with E-state index in [4.69, 9.17) is 0 Å². The molecule has 0 bridgehead atoms. The molecule has 0 aliphatic carbocycles. The summed E-state index contributed by atoms with van der Waals surface area (Å²) >= 11 is 1.78. The van der Waals surface area contributed by atoms with Crippen molar-refractivity contribution in [3.8, 4) is 0 Å². The van der Waals surface area contributed by atoms with Crippen LogP contribution in [0.1, 0.15) is 28.3 Å². The maximum Gasteiger partial charge on any atom is 0.214 e. The van der Waals surface area contributed by atoms with Gasteiger partial charge in [0, 0.05) is 9.75 Å². The van der Waals surface area contributed by atoms with E-state index in [9.17, 15) is 4.39 Å². The summed E-state index contributed by atoms with van der Waals surface area (Å²) in [6, 6.07) is 7.07. The number of aryl methyl sites for hydroxylation is 2. The fourth-order valence-electron chi connectivity index (χ4n) is 1.87. The van der Waals surface area contributed by atoms with Crippen LogP contribution in [-0.4, -0.2) is 4.98 Å². The first-order chi connectivity index (χ1) is 8.06. The molecule has 0 radical (unpaired) electrons. The summed E-state index contributed by atoms with van der Waals surface area (Å²) in [4.78, 5) is 6.38. The monoisotopic (exact) mass is 250 g/mol. The summed E-state index contributed by atoms with van der Waals surface area (Å²) in [5.41, 5.74) is 1.25. The summed E-state index contributed by atoms with van der Waals surface area (Å²) in [5.74, 6) is 0.112. The Morgan fingerprint density at radius 3 is 2.71 bits per heavy atom. The lowest BCUT2D eigenvalue weighted by molar-refractivity contribution is 0.584. The number of aromatic nitrogens is 1. The number of thiophene rings is 1. The first-order valence-electron chi connectivity index (χ1n) is 5.52. The fraction of sp³-hybridized carbons (Fsp3) is 0.308. The second-order valence-electron chi connectivity index (χ2n) is 4.08. The normalized spacial score (nSPS) is 12.5. The highest BCUT2D eigenvalue weighted by atomic mass is 32.1. The van der Waals surface area contributed by atoms with Crippen LogP contribution >= 0.6 is 11.3 Å². The molecule has 1 atom stereocenters. The molecule has 2 nitrogen and oxygen atoms in total. The van der Waals surface area contributed by atoms with Crippen molar-refractivity contribution in [3.63, 3.8) is 0 Å². The van der Waals surface area contributed by atoms with Gasteiger partial charge in [-0.15, -0.1) is 11.3 Å². The van der Waals surface area contributed by atoms with Crippen molar-refractivity contribution in [1.29, 1.82) is 0 Å². The van der Waals surface area contributed by atoms with Crippen molar-refractivity contribution in [2.24, 2.45) is 0 Å². The summed E-state index contributed by atoms with van der Waals surface area (Å²) in [6.07, 6.45) is 0. The largest absolute Gasteiger partial charge is 0.363 e. The summed E-state index contributed by atoms with van der Waals surface area (Å²) < 4.78 is 13.0. The second kappa shape index (κ2) is 4.84. The lowest BCUT2D eigenvalue weighted by Crippen LogP contribution is -2.08. The molecule has 2 heterocycles. The molecule has 2 rings (SSSR count). The molecule has 0 aromatic carbocycles. The molecular formula is C13H15FN2S. The van der Waals surface area contributed by atoms with Crippen LogP contribution in [0.15, 0.2) is 24.3 Å². The van der Waals surface area contributed by atoms with Gasteiger partial charge in [0.05, 0.1) is 6.04 Å². The van der Waals surface area contributed by atoms with Crippen molar-refractivity contribution >= 4 is 17.2 Å². The quantitative estimate of drug-likeness (QED) is 0.830. The van der Waals surface area contributed by atoms with Crippen molar-refractivity contribution < 1.29 is 4.39 Å². The van der Waals surface area contributed by atoms with Gasteiger partial charge in [-0.1, -0.05) is 6.07 Å². The molecule has 17 heavy (non-hydrogen) atoms. The number of hydrogen-bond acceptors (Lipinski definition) is 3. The molecular weight excluding hydrogens is 235 g/mol. The van der Waals surface area contributed by atoms with Gasteiger partial charge in [-0.05, 0) is 44.5 Å². The zero-order valence-electron chi connectivity index (χ0n) is 10.1. The topological polar surface area (TPSA) is 24.9 Å². The molecule has 0 saturated heterocycles. The van der Waals surface area contributed by atoms with Crippen LogP contribution in [0.2, 0.25) is 0 Å². The third-order valence-corrected chi connectivity index (χ3v) is 3.61. The van der Waals surface area contributed by atoms with Gasteiger partial charge in [-0.2, -0.15) is 4.39 Å². The SMILES string of the molecule is Cc1cc(C(C)Nc2cccc(F)n2)c(C)s1. The lowest BCUT2D eigenvalue weighted by atomic mass is 10.1. The van der Waals surface area contributed by atoms with Crippen LogP contribution in [0, 0.1) is 19.8 Å². The van der Waals surface area contributed by atoms with Gasteiger partial charge in [-0.25, -0.2) is 4.98 Å². The lowest BCUT2D eigenvalue weighted by Gasteiger charge is -2.14. The predicted octanol–water partition coefficient (Wildman–Crippen LogP) is 4.07. The van der Waals surface area contributed by atoms with Crippen molar-refractivity contribution in [2.75, 3.05) is 5.32 Å². The Bertz CT molecular complexity index is 522. The Morgan fingerprint density at radius 1 is 1.35 bits per heavy atom. The molecule has 2 aromatic heterocycles. The van der Waals surface area contributed by atoms with Gasteiger partial charge < -0.3 is 5.32 Å². The van der Waals surface area contributed by atoms with E-state index in [1.807, 2.05) is 0 Å². The molecule has 1 N–H and O–H groups in total. The van der Waals surface area contributed by atoms with Gasteiger partial charge >= 0.3 is 0 Å². The van der Waals surface area contributed by atoms with E-state index in [0.29, 0.717) is 5.82 Å². The minimum absolute atomic E-state index is 0.134. The highest BCUT2D eigenvalue weighted by molar-refractivity contribution is 7.12. The van der Waals surface area contributed by atoms with Gasteiger partial charge in [0.1, 0.15) is 5.82 Å². The minimum Gasteiger partial charge on any atom is -0.363 e. The highest BCUT2D eigenvalue weighted by Gasteiger charge is 2.11. The van der Waals surface area contributed by atoms with Crippen molar-refractivity contribution in [2.45, 2.75) is 26.8 Å². The van der Waals surface area contributed by atoms with Gasteiger partial charge in [0.25, 0.3) is 0 Å². The molecule has 90 valence electrons. The average Bonchev–Trinajstić information content (AvgIpc) is 2.58. The Morgan fingerprint density at radius 2 is 2.12 bits per heavy atom. The van der Waals surface area contributed by atoms with Gasteiger partial charge in [-0.3, -0.25) is 0 Å². The number of halogens is 1. The molecule has 2 aromatic rings. The van der Waals surface area contributed by atoms with Crippen LogP contribution in [0.3, 0.4) is 0 Å². The third-order valence-electron chi connectivity index (χ3n) is 2.63. The van der Waals surface area contributed by atoms with E-state index in [0.717, 1.165) is 0 Å². The summed E-state index contributed by atoms with van der Waals surface area (Å²) in [7, 11) is 0. The van der Waals surface area contributed by atoms with Crippen LogP contribution in [-0.2, 0) is 0 Å². The van der Waals surface area contributed by atoms with Crippen LogP contribution < -0.4 is 5.32 Å². The summed E-state index contributed by atoms with van der Waals surface area (Å²) in [6.45, 7) is 6.25. The van der Waals surface area contributed by atoms with E-state index < -0.39 is 5.95 Å². The summed E-state index contributed by atoms with van der Waals surface area (Å²) in [5, 5.41) is 3.21. The Kier molecular flexibility index (Phi) is 3.43. The number of nitrogens with zero attached hydrogens (tertiary/aromatic N) is 1. The van der Waals surface area contributed by atoms with E-state index in [-0.39, 0.29) is 6.04 Å². The first-order valence-corrected chi connectivity index (χ1v) is 6.34. The fourth-order valence-corrected chi connectivity index (χ4v) is 2.89. The highest BCUT2D eigenvalue weighted by Crippen LogP contribution is 2.28. The molecule has 0 saturated carbocycles. The first kappa shape index (κ1) is 12.0. The molecule has 4 heteroatoms. The third kappa shape index (κ3) is 2.82. The van der Waals surface area contributed by atoms with E-state index in [1.165, 1.54) is 21.4 Å². The Labute approximate surface area is 105 Å². The average molecular weight is 250 g/mol. The number of rotatable bonds is 3. The second-order valence-corrected chi connectivity index (χ2v) is 5.54. The minimum atomic E-state index is -0.458. The van der Waals surface area contributed by atoms with Gasteiger partial charge in [0.2, 0.25) is 5.95 Å². The Hall–Kier alpha value is -1.42. The molecule has 0 aliphatic rings. The standard InChI is InChI=1S/C13H15FN2S/c1-8-7-11(10(3)17-8)9(2)15-13-6-4-5-12(14)16-13/h4-7,9H,1-3H3,(H,15,16). The van der Waals surface area contributed by atoms with Crippen LogP contribution in [0.25, 0.3) is 0 Å². The van der Waals surface area contributed by atoms with Crippen LogP contribution in [0.5, 0.6) is 0 Å². The van der Waals surface area contributed by atoms with Gasteiger partial charge in [0.15, 0.2) is 0 Å². The molecule has 0 fully saturated rings. The number of anilines is 1. The smallest absolute Gasteiger partial charge is 0.214 e. The van der Waals surface area contributed by atoms with E-state index in [2.05, 4.69) is 37.1 Å². The molecule has 0 amide bonds. The van der Waals surface area contributed by atoms with E-state index in [1.54, 1.807) is 23.5 Å². The maximum atomic E-state index is 13.0.